The summed E-state index contributed by atoms with van der Waals surface area (Å²) >= 11 is 0. The van der Waals surface area contributed by atoms with E-state index in [0.717, 1.165) is 25.1 Å². The molecule has 0 atom stereocenters. The fraction of sp³-hybridized carbons (Fsp3) is 0.435. The molecule has 0 spiro atoms. The number of fused-ring (bicyclic) bond motifs is 1. The van der Waals surface area contributed by atoms with Crippen molar-refractivity contribution in [1.29, 1.82) is 0 Å². The Bertz CT molecular complexity index is 741. The second-order valence-corrected chi connectivity index (χ2v) is 7.98. The van der Waals surface area contributed by atoms with E-state index in [1.165, 1.54) is 16.8 Å². The summed E-state index contributed by atoms with van der Waals surface area (Å²) in [6.07, 6.45) is 1.11. The average Bonchev–Trinajstić information content (AvgIpc) is 3.02. The molecule has 0 saturated carbocycles. The number of benzene rings is 2. The van der Waals surface area contributed by atoms with Crippen LogP contribution in [-0.4, -0.2) is 18.5 Å². The average molecular weight is 351 g/mol. The minimum Gasteiger partial charge on any atom is -0.367 e. The molecule has 3 rings (SSSR count). The number of rotatable bonds is 6. The van der Waals surface area contributed by atoms with Crippen molar-refractivity contribution in [1.82, 2.24) is 5.32 Å². The number of amides is 1. The van der Waals surface area contributed by atoms with Crippen LogP contribution in [0.2, 0.25) is 0 Å². The number of hydrogen-bond donors (Lipinski definition) is 1. The molecule has 3 nitrogen and oxygen atoms in total. The van der Waals surface area contributed by atoms with Crippen LogP contribution in [0.25, 0.3) is 0 Å². The van der Waals surface area contributed by atoms with E-state index in [1.807, 2.05) is 12.1 Å². The van der Waals surface area contributed by atoms with Crippen LogP contribution in [0.5, 0.6) is 0 Å². The molecule has 1 amide bonds. The smallest absolute Gasteiger partial charge is 0.251 e. The van der Waals surface area contributed by atoms with E-state index in [2.05, 4.69) is 74.3 Å². The fourth-order valence-electron chi connectivity index (χ4n) is 3.89. The van der Waals surface area contributed by atoms with Crippen molar-refractivity contribution in [2.24, 2.45) is 11.8 Å². The van der Waals surface area contributed by atoms with Gasteiger partial charge in [0.2, 0.25) is 0 Å². The predicted molar refractivity (Wildman–Crippen MR) is 109 cm³/mol. The molecule has 3 heteroatoms. The Morgan fingerprint density at radius 2 is 1.65 bits per heavy atom. The van der Waals surface area contributed by atoms with Gasteiger partial charge in [0.15, 0.2) is 0 Å². The molecule has 0 saturated heterocycles. The first-order valence-corrected chi connectivity index (χ1v) is 9.68. The minimum absolute atomic E-state index is 0.0236. The van der Waals surface area contributed by atoms with Gasteiger partial charge >= 0.3 is 0 Å². The molecule has 138 valence electrons. The molecule has 0 aliphatic carbocycles. The Morgan fingerprint density at radius 3 is 2.31 bits per heavy atom. The maximum absolute atomic E-state index is 12.6. The van der Waals surface area contributed by atoms with Crippen LogP contribution in [0.15, 0.2) is 48.5 Å². The molecule has 0 unspecified atom stereocenters. The summed E-state index contributed by atoms with van der Waals surface area (Å²) in [5.41, 5.74) is 4.74. The molecule has 0 fully saturated rings. The van der Waals surface area contributed by atoms with Crippen LogP contribution < -0.4 is 10.2 Å². The lowest BCUT2D eigenvalue weighted by molar-refractivity contribution is 0.0910. The second-order valence-electron chi connectivity index (χ2n) is 7.98. The predicted octanol–water partition coefficient (Wildman–Crippen LogP) is 4.66. The number of carbonyl (C=O) groups excluding carboxylic acids is 1. The van der Waals surface area contributed by atoms with Gasteiger partial charge in [-0.3, -0.25) is 4.79 Å². The van der Waals surface area contributed by atoms with E-state index in [9.17, 15) is 4.79 Å². The molecule has 0 aromatic heterocycles. The van der Waals surface area contributed by atoms with E-state index in [4.69, 9.17) is 0 Å². The lowest BCUT2D eigenvalue weighted by Gasteiger charge is -2.26. The number of anilines is 1. The largest absolute Gasteiger partial charge is 0.367 e. The summed E-state index contributed by atoms with van der Waals surface area (Å²) in [6, 6.07) is 16.9. The second kappa shape index (κ2) is 7.94. The number of nitrogens with one attached hydrogen (secondary N) is 1. The van der Waals surface area contributed by atoms with Crippen LogP contribution >= 0.6 is 0 Å². The standard InChI is InChI=1S/C23H30N2O/c1-16(2)22(17(3)4)24-23(26)20-11-9-18(10-12-20)15-25-14-13-19-7-5-6-8-21(19)25/h5-12,16-17,22H,13-15H2,1-4H3,(H,24,26). The molecule has 26 heavy (non-hydrogen) atoms. The van der Waals surface area contributed by atoms with Gasteiger partial charge in [-0.1, -0.05) is 58.0 Å². The molecule has 2 aromatic carbocycles. The highest BCUT2D eigenvalue weighted by Gasteiger charge is 2.21. The monoisotopic (exact) mass is 350 g/mol. The van der Waals surface area contributed by atoms with Gasteiger partial charge in [0.25, 0.3) is 5.91 Å². The number of hydrogen-bond acceptors (Lipinski definition) is 2. The van der Waals surface area contributed by atoms with Gasteiger partial charge in [0.1, 0.15) is 0 Å². The normalized spacial score (nSPS) is 13.6. The third-order valence-electron chi connectivity index (χ3n) is 5.31. The van der Waals surface area contributed by atoms with Crippen molar-refractivity contribution < 1.29 is 4.79 Å². The number of nitrogens with zero attached hydrogens (tertiary/aromatic N) is 1. The first-order chi connectivity index (χ1) is 12.5. The van der Waals surface area contributed by atoms with Crippen LogP contribution in [-0.2, 0) is 13.0 Å². The van der Waals surface area contributed by atoms with Gasteiger partial charge in [0, 0.05) is 30.4 Å². The maximum Gasteiger partial charge on any atom is 0.251 e. The highest BCUT2D eigenvalue weighted by Crippen LogP contribution is 2.28. The van der Waals surface area contributed by atoms with Crippen molar-refractivity contribution >= 4 is 11.6 Å². The van der Waals surface area contributed by atoms with E-state index in [0.29, 0.717) is 11.8 Å². The topological polar surface area (TPSA) is 32.3 Å². The first-order valence-electron chi connectivity index (χ1n) is 9.68. The third-order valence-corrected chi connectivity index (χ3v) is 5.31. The van der Waals surface area contributed by atoms with Crippen LogP contribution in [0.4, 0.5) is 5.69 Å². The summed E-state index contributed by atoms with van der Waals surface area (Å²) in [4.78, 5) is 15.0. The Balaban J connectivity index is 1.65. The lowest BCUT2D eigenvalue weighted by atomic mass is 9.93. The zero-order chi connectivity index (χ0) is 18.7. The molecule has 2 aromatic rings. The summed E-state index contributed by atoms with van der Waals surface area (Å²) in [7, 11) is 0. The van der Waals surface area contributed by atoms with E-state index in [1.54, 1.807) is 0 Å². The maximum atomic E-state index is 12.6. The molecule has 1 aliphatic rings. The highest BCUT2D eigenvalue weighted by atomic mass is 16.1. The molecular formula is C23H30N2O. The SMILES string of the molecule is CC(C)C(NC(=O)c1ccc(CN2CCc3ccccc32)cc1)C(C)C. The Kier molecular flexibility index (Phi) is 5.65. The van der Waals surface area contributed by atoms with Gasteiger partial charge in [-0.25, -0.2) is 0 Å². The van der Waals surface area contributed by atoms with E-state index in [-0.39, 0.29) is 11.9 Å². The van der Waals surface area contributed by atoms with Gasteiger partial charge in [-0.2, -0.15) is 0 Å². The molecule has 0 bridgehead atoms. The van der Waals surface area contributed by atoms with E-state index < -0.39 is 0 Å². The van der Waals surface area contributed by atoms with Crippen molar-refractivity contribution in [2.75, 3.05) is 11.4 Å². The van der Waals surface area contributed by atoms with Crippen molar-refractivity contribution in [3.63, 3.8) is 0 Å². The van der Waals surface area contributed by atoms with Crippen molar-refractivity contribution in [3.05, 3.63) is 65.2 Å². The fourth-order valence-corrected chi connectivity index (χ4v) is 3.89. The summed E-state index contributed by atoms with van der Waals surface area (Å²) in [5, 5.41) is 3.19. The van der Waals surface area contributed by atoms with Gasteiger partial charge in [-0.05, 0) is 47.6 Å². The Morgan fingerprint density at radius 1 is 1.00 bits per heavy atom. The van der Waals surface area contributed by atoms with Crippen molar-refractivity contribution in [2.45, 2.75) is 46.7 Å². The third kappa shape index (κ3) is 4.09. The minimum atomic E-state index is 0.0236. The van der Waals surface area contributed by atoms with E-state index >= 15 is 0 Å². The van der Waals surface area contributed by atoms with Crippen LogP contribution in [0.3, 0.4) is 0 Å². The molecule has 1 aliphatic heterocycles. The highest BCUT2D eigenvalue weighted by molar-refractivity contribution is 5.94. The quantitative estimate of drug-likeness (QED) is 0.822. The van der Waals surface area contributed by atoms with Gasteiger partial charge in [-0.15, -0.1) is 0 Å². The molecule has 0 radical (unpaired) electrons. The zero-order valence-corrected chi connectivity index (χ0v) is 16.3. The summed E-state index contributed by atoms with van der Waals surface area (Å²) in [5.74, 6) is 0.873. The lowest BCUT2D eigenvalue weighted by Crippen LogP contribution is -2.42. The molecule has 1 N–H and O–H groups in total. The number of carbonyl (C=O) groups is 1. The van der Waals surface area contributed by atoms with Crippen LogP contribution in [0, 0.1) is 11.8 Å². The zero-order valence-electron chi connectivity index (χ0n) is 16.3. The number of para-hydroxylation sites is 1. The summed E-state index contributed by atoms with van der Waals surface area (Å²) in [6.45, 7) is 10.6. The van der Waals surface area contributed by atoms with Crippen LogP contribution in [0.1, 0.15) is 49.2 Å². The Hall–Kier alpha value is -2.29. The molecule has 1 heterocycles. The van der Waals surface area contributed by atoms with Gasteiger partial charge < -0.3 is 10.2 Å². The molecular weight excluding hydrogens is 320 g/mol. The van der Waals surface area contributed by atoms with Crippen molar-refractivity contribution in [3.8, 4) is 0 Å². The van der Waals surface area contributed by atoms with Gasteiger partial charge in [0.05, 0.1) is 0 Å². The summed E-state index contributed by atoms with van der Waals surface area (Å²) < 4.78 is 0. The first kappa shape index (κ1) is 18.5. The Labute approximate surface area is 157 Å².